The van der Waals surface area contributed by atoms with Crippen LogP contribution in [0.5, 0.6) is 11.5 Å². The van der Waals surface area contributed by atoms with Crippen molar-refractivity contribution in [3.05, 3.63) is 64.2 Å². The number of ether oxygens (including phenoxy) is 2. The predicted octanol–water partition coefficient (Wildman–Crippen LogP) is 3.32. The molecule has 0 saturated carbocycles. The number of amides is 1. The van der Waals surface area contributed by atoms with Crippen LogP contribution >= 0.6 is 11.6 Å². The molecule has 122 valence electrons. The van der Waals surface area contributed by atoms with Crippen molar-refractivity contribution in [3.63, 3.8) is 0 Å². The van der Waals surface area contributed by atoms with Crippen LogP contribution in [0.2, 0.25) is 5.02 Å². The van der Waals surface area contributed by atoms with Crippen LogP contribution in [0, 0.1) is 11.3 Å². The van der Waals surface area contributed by atoms with E-state index in [4.69, 9.17) is 32.1 Å². The van der Waals surface area contributed by atoms with Gasteiger partial charge in [0.1, 0.15) is 18.2 Å². The number of nitriles is 1. The van der Waals surface area contributed by atoms with E-state index < -0.39 is 5.91 Å². The molecule has 0 aliphatic carbocycles. The number of hydrogen-bond donors (Lipinski definition) is 1. The Balaban J connectivity index is 2.44. The van der Waals surface area contributed by atoms with Crippen LogP contribution in [0.3, 0.4) is 0 Å². The van der Waals surface area contributed by atoms with Crippen molar-refractivity contribution < 1.29 is 14.3 Å². The lowest BCUT2D eigenvalue weighted by Gasteiger charge is -2.14. The third-order valence-electron chi connectivity index (χ3n) is 3.18. The van der Waals surface area contributed by atoms with E-state index in [0.717, 1.165) is 5.56 Å². The molecule has 0 heterocycles. The first-order valence-corrected chi connectivity index (χ1v) is 7.38. The molecular formula is C18H15ClN2O3. The Bertz CT molecular complexity index is 811. The summed E-state index contributed by atoms with van der Waals surface area (Å²) in [6.07, 6.45) is 1.33. The van der Waals surface area contributed by atoms with Gasteiger partial charge < -0.3 is 15.2 Å². The molecule has 24 heavy (non-hydrogen) atoms. The van der Waals surface area contributed by atoms with Gasteiger partial charge in [-0.1, -0.05) is 41.9 Å². The number of carbonyl (C=O) groups excluding carboxylic acids is 1. The topological polar surface area (TPSA) is 85.3 Å². The summed E-state index contributed by atoms with van der Waals surface area (Å²) >= 11 is 6.06. The average molecular weight is 343 g/mol. The second kappa shape index (κ2) is 8.04. The molecule has 0 aromatic heterocycles. The minimum absolute atomic E-state index is 0.205. The zero-order chi connectivity index (χ0) is 17.5. The normalized spacial score (nSPS) is 10.8. The number of rotatable bonds is 6. The van der Waals surface area contributed by atoms with Gasteiger partial charge in [0, 0.05) is 16.7 Å². The summed E-state index contributed by atoms with van der Waals surface area (Å²) in [6.45, 7) is 0.290. The van der Waals surface area contributed by atoms with Gasteiger partial charge in [-0.15, -0.1) is 0 Å². The Hall–Kier alpha value is -2.97. The quantitative estimate of drug-likeness (QED) is 0.644. The Labute approximate surface area is 144 Å². The van der Waals surface area contributed by atoms with Crippen molar-refractivity contribution >= 4 is 23.6 Å². The zero-order valence-corrected chi connectivity index (χ0v) is 13.7. The number of carbonyl (C=O) groups is 1. The maximum atomic E-state index is 11.3. The van der Waals surface area contributed by atoms with Crippen molar-refractivity contribution in [3.8, 4) is 17.6 Å². The Morgan fingerprint density at radius 1 is 1.33 bits per heavy atom. The summed E-state index contributed by atoms with van der Waals surface area (Å²) < 4.78 is 11.1. The second-order valence-corrected chi connectivity index (χ2v) is 5.27. The highest BCUT2D eigenvalue weighted by Gasteiger charge is 2.14. The number of hydrogen-bond acceptors (Lipinski definition) is 4. The number of nitrogens with two attached hydrogens (primary N) is 1. The predicted molar refractivity (Wildman–Crippen MR) is 91.6 cm³/mol. The Kier molecular flexibility index (Phi) is 5.83. The third-order valence-corrected chi connectivity index (χ3v) is 3.40. The van der Waals surface area contributed by atoms with Crippen LogP contribution in [0.15, 0.2) is 48.0 Å². The lowest BCUT2D eigenvalue weighted by molar-refractivity contribution is -0.114. The molecule has 0 aliphatic rings. The van der Waals surface area contributed by atoms with E-state index in [1.807, 2.05) is 30.3 Å². The van der Waals surface area contributed by atoms with Gasteiger partial charge in [0.25, 0.3) is 5.91 Å². The van der Waals surface area contributed by atoms with E-state index in [1.54, 1.807) is 18.2 Å². The first kappa shape index (κ1) is 17.4. The highest BCUT2D eigenvalue weighted by Crippen LogP contribution is 2.36. The largest absolute Gasteiger partial charge is 0.493 e. The zero-order valence-electron chi connectivity index (χ0n) is 13.0. The fourth-order valence-corrected chi connectivity index (χ4v) is 2.26. The molecule has 0 unspecified atom stereocenters. The second-order valence-electron chi connectivity index (χ2n) is 4.83. The molecule has 6 heteroatoms. The summed E-state index contributed by atoms with van der Waals surface area (Å²) in [6, 6.07) is 14.5. The average Bonchev–Trinajstić information content (AvgIpc) is 2.58. The maximum absolute atomic E-state index is 11.3. The molecule has 2 aromatic carbocycles. The summed E-state index contributed by atoms with van der Waals surface area (Å²) in [5.41, 5.74) is 6.37. The number of nitrogens with zero attached hydrogens (tertiary/aromatic N) is 1. The van der Waals surface area contributed by atoms with Gasteiger partial charge in [-0.3, -0.25) is 4.79 Å². The van der Waals surface area contributed by atoms with E-state index >= 15 is 0 Å². The monoisotopic (exact) mass is 342 g/mol. The van der Waals surface area contributed by atoms with E-state index in [0.29, 0.717) is 22.1 Å². The van der Waals surface area contributed by atoms with Crippen LogP contribution in [0.1, 0.15) is 11.1 Å². The SMILES string of the molecule is COc1cc(Cl)cc(/C=C(\C#N)C(N)=O)c1OCc1ccccc1. The van der Waals surface area contributed by atoms with Crippen LogP contribution in [-0.2, 0) is 11.4 Å². The highest BCUT2D eigenvalue weighted by molar-refractivity contribution is 6.31. The van der Waals surface area contributed by atoms with Gasteiger partial charge in [0.05, 0.1) is 7.11 Å². The number of primary amides is 1. The molecule has 0 saturated heterocycles. The summed E-state index contributed by atoms with van der Waals surface area (Å²) in [5.74, 6) is -0.0587. The first-order chi connectivity index (χ1) is 11.5. The van der Waals surface area contributed by atoms with Crippen LogP contribution < -0.4 is 15.2 Å². The van der Waals surface area contributed by atoms with Crippen LogP contribution in [0.4, 0.5) is 0 Å². The highest BCUT2D eigenvalue weighted by atomic mass is 35.5. The van der Waals surface area contributed by atoms with Gasteiger partial charge >= 0.3 is 0 Å². The summed E-state index contributed by atoms with van der Waals surface area (Å²) in [4.78, 5) is 11.3. The molecule has 2 aromatic rings. The van der Waals surface area contributed by atoms with Crippen molar-refractivity contribution in [2.45, 2.75) is 6.61 Å². The van der Waals surface area contributed by atoms with Gasteiger partial charge in [-0.25, -0.2) is 0 Å². The number of benzene rings is 2. The molecule has 0 spiro atoms. The minimum atomic E-state index is -0.828. The standard InChI is InChI=1S/C18H15ClN2O3/c1-23-16-9-15(19)8-13(7-14(10-20)18(21)22)17(16)24-11-12-5-3-2-4-6-12/h2-9H,11H2,1H3,(H2,21,22)/b14-7+. The molecule has 0 radical (unpaired) electrons. The minimum Gasteiger partial charge on any atom is -0.493 e. The smallest absolute Gasteiger partial charge is 0.259 e. The van der Waals surface area contributed by atoms with Crippen molar-refractivity contribution in [1.82, 2.24) is 0 Å². The maximum Gasteiger partial charge on any atom is 0.259 e. The lowest BCUT2D eigenvalue weighted by Crippen LogP contribution is -2.12. The lowest BCUT2D eigenvalue weighted by atomic mass is 10.1. The summed E-state index contributed by atoms with van der Waals surface area (Å²) in [7, 11) is 1.48. The van der Waals surface area contributed by atoms with Crippen molar-refractivity contribution in [1.29, 1.82) is 5.26 Å². The number of halogens is 1. The van der Waals surface area contributed by atoms with Crippen LogP contribution in [0.25, 0.3) is 6.08 Å². The molecule has 5 nitrogen and oxygen atoms in total. The molecule has 2 N–H and O–H groups in total. The van der Waals surface area contributed by atoms with Gasteiger partial charge in [0.15, 0.2) is 11.5 Å². The first-order valence-electron chi connectivity index (χ1n) is 7.01. The van der Waals surface area contributed by atoms with Gasteiger partial charge in [-0.2, -0.15) is 5.26 Å². The van der Waals surface area contributed by atoms with Crippen LogP contribution in [-0.4, -0.2) is 13.0 Å². The van der Waals surface area contributed by atoms with E-state index in [1.165, 1.54) is 13.2 Å². The van der Waals surface area contributed by atoms with E-state index in [9.17, 15) is 4.79 Å². The van der Waals surface area contributed by atoms with Gasteiger partial charge in [0.2, 0.25) is 0 Å². The van der Waals surface area contributed by atoms with E-state index in [2.05, 4.69) is 0 Å². The molecule has 0 aliphatic heterocycles. The Morgan fingerprint density at radius 3 is 2.62 bits per heavy atom. The molecule has 1 amide bonds. The molecular weight excluding hydrogens is 328 g/mol. The van der Waals surface area contributed by atoms with Crippen molar-refractivity contribution in [2.24, 2.45) is 5.73 Å². The van der Waals surface area contributed by atoms with Gasteiger partial charge in [-0.05, 0) is 17.7 Å². The third kappa shape index (κ3) is 4.28. The Morgan fingerprint density at radius 2 is 2.04 bits per heavy atom. The van der Waals surface area contributed by atoms with E-state index in [-0.39, 0.29) is 12.2 Å². The van der Waals surface area contributed by atoms with Crippen molar-refractivity contribution in [2.75, 3.05) is 7.11 Å². The fourth-order valence-electron chi connectivity index (χ4n) is 2.05. The molecule has 2 rings (SSSR count). The summed E-state index contributed by atoms with van der Waals surface area (Å²) in [5, 5.41) is 9.41. The fraction of sp³-hybridized carbons (Fsp3) is 0.111. The number of methoxy groups -OCH3 is 1. The molecule has 0 fully saturated rings. The molecule has 0 bridgehead atoms. The molecule has 0 atom stereocenters.